The van der Waals surface area contributed by atoms with E-state index < -0.39 is 11.7 Å². The van der Waals surface area contributed by atoms with Gasteiger partial charge in [0.2, 0.25) is 0 Å². The number of carbonyl (C=O) groups excluding carboxylic acids is 1. The quantitative estimate of drug-likeness (QED) is 0.891. The van der Waals surface area contributed by atoms with Crippen molar-refractivity contribution in [3.8, 4) is 11.8 Å². The maximum absolute atomic E-state index is 13.1. The van der Waals surface area contributed by atoms with Crippen LogP contribution in [-0.2, 0) is 0 Å². The lowest BCUT2D eigenvalue weighted by atomic mass is 10.1. The van der Waals surface area contributed by atoms with Gasteiger partial charge in [0, 0.05) is 0 Å². The van der Waals surface area contributed by atoms with Crippen molar-refractivity contribution in [2.45, 2.75) is 0 Å². The molecule has 0 aliphatic heterocycles. The van der Waals surface area contributed by atoms with Crippen molar-refractivity contribution in [2.24, 2.45) is 0 Å². The average molecular weight is 291 g/mol. The third kappa shape index (κ3) is 2.87. The zero-order valence-corrected chi connectivity index (χ0v) is 10.8. The van der Waals surface area contributed by atoms with Crippen molar-refractivity contribution in [1.29, 1.82) is 5.26 Å². The maximum atomic E-state index is 13.1. The number of benzene rings is 2. The lowest BCUT2D eigenvalue weighted by Gasteiger charge is -2.08. The highest BCUT2D eigenvalue weighted by Crippen LogP contribution is 2.25. The van der Waals surface area contributed by atoms with E-state index in [4.69, 9.17) is 16.9 Å². The molecule has 0 bridgehead atoms. The van der Waals surface area contributed by atoms with E-state index in [-0.39, 0.29) is 22.0 Å². The fraction of sp³-hybridized carbons (Fsp3) is 0. The van der Waals surface area contributed by atoms with Gasteiger partial charge in [-0.1, -0.05) is 11.6 Å². The molecular formula is C14H8ClFN2O2. The Hall–Kier alpha value is -2.58. The largest absolute Gasteiger partial charge is 0.507 e. The van der Waals surface area contributed by atoms with Crippen molar-refractivity contribution in [1.82, 2.24) is 0 Å². The lowest BCUT2D eigenvalue weighted by Crippen LogP contribution is -2.13. The Kier molecular flexibility index (Phi) is 3.87. The van der Waals surface area contributed by atoms with Gasteiger partial charge in [0.1, 0.15) is 11.6 Å². The Labute approximate surface area is 119 Å². The minimum atomic E-state index is -0.723. The molecule has 0 aliphatic carbocycles. The highest BCUT2D eigenvalue weighted by atomic mass is 35.5. The summed E-state index contributed by atoms with van der Waals surface area (Å²) in [5.74, 6) is -1.72. The fourth-order valence-electron chi connectivity index (χ4n) is 1.57. The lowest BCUT2D eigenvalue weighted by molar-refractivity contribution is 0.102. The Morgan fingerprint density at radius 3 is 2.75 bits per heavy atom. The number of anilines is 1. The van der Waals surface area contributed by atoms with Gasteiger partial charge in [-0.15, -0.1) is 0 Å². The van der Waals surface area contributed by atoms with Gasteiger partial charge in [0.05, 0.1) is 27.9 Å². The topological polar surface area (TPSA) is 73.1 Å². The third-order valence-electron chi connectivity index (χ3n) is 2.55. The van der Waals surface area contributed by atoms with Crippen LogP contribution in [-0.4, -0.2) is 11.0 Å². The Morgan fingerprint density at radius 2 is 2.05 bits per heavy atom. The predicted octanol–water partition coefficient (Wildman–Crippen LogP) is 3.31. The molecule has 4 nitrogen and oxygen atoms in total. The number of halogens is 2. The van der Waals surface area contributed by atoms with Crippen LogP contribution in [0.5, 0.6) is 5.75 Å². The van der Waals surface area contributed by atoms with Crippen LogP contribution in [0.15, 0.2) is 36.4 Å². The molecule has 0 unspecified atom stereocenters. The summed E-state index contributed by atoms with van der Waals surface area (Å²) in [5, 5.41) is 21.0. The summed E-state index contributed by atoms with van der Waals surface area (Å²) < 4.78 is 13.1. The third-order valence-corrected chi connectivity index (χ3v) is 2.88. The number of phenolic OH excluding ortho intramolecular Hbond substituents is 1. The zero-order valence-electron chi connectivity index (χ0n) is 10.0. The SMILES string of the molecule is N#Cc1ccc(Cl)c(NC(=O)c2cc(F)ccc2O)c1. The van der Waals surface area contributed by atoms with Crippen LogP contribution in [0.3, 0.4) is 0 Å². The molecular weight excluding hydrogens is 283 g/mol. The van der Waals surface area contributed by atoms with Gasteiger partial charge in [-0.05, 0) is 36.4 Å². The highest BCUT2D eigenvalue weighted by Gasteiger charge is 2.14. The molecule has 0 aliphatic rings. The highest BCUT2D eigenvalue weighted by molar-refractivity contribution is 6.34. The number of amides is 1. The summed E-state index contributed by atoms with van der Waals surface area (Å²) in [7, 11) is 0. The van der Waals surface area contributed by atoms with Crippen molar-refractivity contribution in [2.75, 3.05) is 5.32 Å². The van der Waals surface area contributed by atoms with Gasteiger partial charge < -0.3 is 10.4 Å². The predicted molar refractivity (Wildman–Crippen MR) is 72.2 cm³/mol. The summed E-state index contributed by atoms with van der Waals surface area (Å²) in [4.78, 5) is 12.0. The first-order valence-corrected chi connectivity index (χ1v) is 5.88. The molecule has 2 N–H and O–H groups in total. The van der Waals surface area contributed by atoms with Gasteiger partial charge in [-0.2, -0.15) is 5.26 Å². The number of nitriles is 1. The molecule has 0 heterocycles. The Balaban J connectivity index is 2.33. The first-order valence-electron chi connectivity index (χ1n) is 5.51. The first kappa shape index (κ1) is 13.8. The minimum Gasteiger partial charge on any atom is -0.507 e. The van der Waals surface area contributed by atoms with Crippen LogP contribution in [0.2, 0.25) is 5.02 Å². The minimum absolute atomic E-state index is 0.208. The zero-order chi connectivity index (χ0) is 14.7. The first-order chi connectivity index (χ1) is 9.51. The summed E-state index contributed by atoms with van der Waals surface area (Å²) in [6.45, 7) is 0. The Morgan fingerprint density at radius 1 is 1.30 bits per heavy atom. The fourth-order valence-corrected chi connectivity index (χ4v) is 1.74. The molecule has 0 saturated carbocycles. The van der Waals surface area contributed by atoms with Crippen LogP contribution in [0.1, 0.15) is 15.9 Å². The van der Waals surface area contributed by atoms with E-state index >= 15 is 0 Å². The smallest absolute Gasteiger partial charge is 0.259 e. The molecule has 2 rings (SSSR count). The molecule has 6 heteroatoms. The van der Waals surface area contributed by atoms with E-state index in [2.05, 4.69) is 5.32 Å². The van der Waals surface area contributed by atoms with E-state index in [9.17, 15) is 14.3 Å². The second kappa shape index (κ2) is 5.59. The summed E-state index contributed by atoms with van der Waals surface area (Å²) >= 11 is 5.90. The molecule has 0 fully saturated rings. The van der Waals surface area contributed by atoms with E-state index in [0.29, 0.717) is 5.56 Å². The average Bonchev–Trinajstić information content (AvgIpc) is 2.43. The van der Waals surface area contributed by atoms with Crippen LogP contribution in [0.4, 0.5) is 10.1 Å². The number of nitrogens with one attached hydrogen (secondary N) is 1. The van der Waals surface area contributed by atoms with Crippen molar-refractivity contribution in [3.63, 3.8) is 0 Å². The number of aromatic hydroxyl groups is 1. The number of carbonyl (C=O) groups is 1. The second-order valence-electron chi connectivity index (χ2n) is 3.92. The van der Waals surface area contributed by atoms with Crippen LogP contribution in [0.25, 0.3) is 0 Å². The molecule has 2 aromatic carbocycles. The van der Waals surface area contributed by atoms with Gasteiger partial charge in [-0.25, -0.2) is 4.39 Å². The summed E-state index contributed by atoms with van der Waals surface area (Å²) in [6, 6.07) is 9.28. The molecule has 2 aromatic rings. The van der Waals surface area contributed by atoms with E-state index in [1.165, 1.54) is 18.2 Å². The molecule has 0 radical (unpaired) electrons. The van der Waals surface area contributed by atoms with Gasteiger partial charge in [0.25, 0.3) is 5.91 Å². The second-order valence-corrected chi connectivity index (χ2v) is 4.33. The van der Waals surface area contributed by atoms with Gasteiger partial charge in [0.15, 0.2) is 0 Å². The molecule has 0 atom stereocenters. The number of hydrogen-bond acceptors (Lipinski definition) is 3. The molecule has 100 valence electrons. The van der Waals surface area contributed by atoms with E-state index in [1.807, 2.05) is 6.07 Å². The van der Waals surface area contributed by atoms with E-state index in [0.717, 1.165) is 18.2 Å². The molecule has 0 saturated heterocycles. The summed E-state index contributed by atoms with van der Waals surface area (Å²) in [5.41, 5.74) is 0.302. The van der Waals surface area contributed by atoms with Gasteiger partial charge in [-0.3, -0.25) is 4.79 Å². The standard InChI is InChI=1S/C14H8ClFN2O2/c15-11-3-1-8(7-17)5-12(11)18-14(20)10-6-9(16)2-4-13(10)19/h1-6,19H,(H,18,20). The molecule has 0 spiro atoms. The van der Waals surface area contributed by atoms with Crippen LogP contribution >= 0.6 is 11.6 Å². The van der Waals surface area contributed by atoms with Crippen molar-refractivity contribution >= 4 is 23.2 Å². The number of hydrogen-bond donors (Lipinski definition) is 2. The number of phenols is 1. The van der Waals surface area contributed by atoms with Crippen molar-refractivity contribution < 1.29 is 14.3 Å². The number of nitrogens with zero attached hydrogens (tertiary/aromatic N) is 1. The maximum Gasteiger partial charge on any atom is 0.259 e. The Bertz CT molecular complexity index is 726. The normalized spacial score (nSPS) is 9.85. The van der Waals surface area contributed by atoms with Crippen LogP contribution < -0.4 is 5.32 Å². The van der Waals surface area contributed by atoms with Gasteiger partial charge >= 0.3 is 0 Å². The van der Waals surface area contributed by atoms with Crippen LogP contribution in [0, 0.1) is 17.1 Å². The van der Waals surface area contributed by atoms with E-state index in [1.54, 1.807) is 0 Å². The molecule has 0 aromatic heterocycles. The number of rotatable bonds is 2. The molecule has 20 heavy (non-hydrogen) atoms. The summed E-state index contributed by atoms with van der Waals surface area (Å²) in [6.07, 6.45) is 0. The monoisotopic (exact) mass is 290 g/mol. The van der Waals surface area contributed by atoms with Crippen molar-refractivity contribution in [3.05, 3.63) is 58.4 Å². The molecule has 1 amide bonds.